The van der Waals surface area contributed by atoms with Crippen molar-refractivity contribution in [3.63, 3.8) is 0 Å². The number of hydrogen-bond donors (Lipinski definition) is 2. The number of nitrogens with two attached hydrogens (primary N) is 1. The van der Waals surface area contributed by atoms with Crippen molar-refractivity contribution in [1.82, 2.24) is 4.83 Å². The second-order valence-electron chi connectivity index (χ2n) is 2.89. The van der Waals surface area contributed by atoms with Gasteiger partial charge in [-0.05, 0) is 25.5 Å². The van der Waals surface area contributed by atoms with Crippen molar-refractivity contribution < 1.29 is 8.42 Å². The highest BCUT2D eigenvalue weighted by Gasteiger charge is 2.13. The average molecular weight is 200 g/mol. The Labute approximate surface area is 77.8 Å². The third-order valence-electron chi connectivity index (χ3n) is 1.78. The molecule has 0 heterocycles. The Morgan fingerprint density at radius 1 is 1.31 bits per heavy atom. The molecule has 0 saturated heterocycles. The zero-order valence-corrected chi connectivity index (χ0v) is 8.35. The Kier molecular flexibility index (Phi) is 2.70. The smallest absolute Gasteiger partial charge is 0.253 e. The summed E-state index contributed by atoms with van der Waals surface area (Å²) < 4.78 is 22.6. The van der Waals surface area contributed by atoms with E-state index in [1.165, 1.54) is 0 Å². The summed E-state index contributed by atoms with van der Waals surface area (Å²) in [6.45, 7) is 3.64. The fourth-order valence-corrected chi connectivity index (χ4v) is 2.02. The van der Waals surface area contributed by atoms with E-state index in [0.717, 1.165) is 5.56 Å². The van der Waals surface area contributed by atoms with Crippen molar-refractivity contribution in [1.29, 1.82) is 0 Å². The van der Waals surface area contributed by atoms with Crippen LogP contribution in [0.5, 0.6) is 0 Å². The SMILES string of the molecule is Cc1ccc(S(=O)(=O)NN)c(C)c1. The Bertz CT molecular complexity index is 412. The normalized spacial score (nSPS) is 11.6. The summed E-state index contributed by atoms with van der Waals surface area (Å²) >= 11 is 0. The molecule has 0 spiro atoms. The van der Waals surface area contributed by atoms with E-state index in [0.29, 0.717) is 5.56 Å². The van der Waals surface area contributed by atoms with Crippen LogP contribution in [0.2, 0.25) is 0 Å². The highest BCUT2D eigenvalue weighted by Crippen LogP contribution is 2.15. The molecule has 0 aromatic heterocycles. The maximum atomic E-state index is 11.3. The molecule has 0 amide bonds. The molecular weight excluding hydrogens is 188 g/mol. The van der Waals surface area contributed by atoms with Gasteiger partial charge in [0.05, 0.1) is 4.90 Å². The van der Waals surface area contributed by atoms with E-state index in [-0.39, 0.29) is 4.90 Å². The van der Waals surface area contributed by atoms with Gasteiger partial charge in [0, 0.05) is 0 Å². The Morgan fingerprint density at radius 3 is 2.38 bits per heavy atom. The first-order valence-electron chi connectivity index (χ1n) is 3.77. The molecule has 5 heteroatoms. The predicted molar refractivity (Wildman–Crippen MR) is 50.4 cm³/mol. The number of nitrogens with one attached hydrogen (secondary N) is 1. The number of aryl methyl sites for hydroxylation is 2. The zero-order chi connectivity index (χ0) is 10.1. The quantitative estimate of drug-likeness (QED) is 0.538. The summed E-state index contributed by atoms with van der Waals surface area (Å²) in [5, 5.41) is 0. The van der Waals surface area contributed by atoms with Gasteiger partial charge in [0.15, 0.2) is 0 Å². The van der Waals surface area contributed by atoms with Gasteiger partial charge in [-0.15, -0.1) is 0 Å². The summed E-state index contributed by atoms with van der Waals surface area (Å²) in [4.78, 5) is 2.01. The molecule has 0 unspecified atom stereocenters. The summed E-state index contributed by atoms with van der Waals surface area (Å²) in [5.41, 5.74) is 1.71. The van der Waals surface area contributed by atoms with E-state index in [4.69, 9.17) is 5.84 Å². The minimum absolute atomic E-state index is 0.223. The zero-order valence-electron chi connectivity index (χ0n) is 7.53. The predicted octanol–water partition coefficient (Wildman–Crippen LogP) is 0.455. The van der Waals surface area contributed by atoms with E-state index >= 15 is 0 Å². The molecular formula is C8H12N2O2S. The number of benzene rings is 1. The van der Waals surface area contributed by atoms with Crippen LogP contribution in [0.15, 0.2) is 23.1 Å². The van der Waals surface area contributed by atoms with Crippen LogP contribution in [-0.2, 0) is 10.0 Å². The Balaban J connectivity index is 3.33. The minimum atomic E-state index is -3.52. The van der Waals surface area contributed by atoms with Gasteiger partial charge in [-0.3, -0.25) is 5.84 Å². The molecule has 0 atom stereocenters. The van der Waals surface area contributed by atoms with E-state index in [9.17, 15) is 8.42 Å². The monoisotopic (exact) mass is 200 g/mol. The van der Waals surface area contributed by atoms with Crippen molar-refractivity contribution in [2.45, 2.75) is 18.7 Å². The number of sulfonamides is 1. The number of hydrazine groups is 1. The fraction of sp³-hybridized carbons (Fsp3) is 0.250. The number of rotatable bonds is 2. The van der Waals surface area contributed by atoms with Gasteiger partial charge in [0.1, 0.15) is 0 Å². The summed E-state index contributed by atoms with van der Waals surface area (Å²) in [6.07, 6.45) is 0. The standard InChI is InChI=1S/C8H12N2O2S/c1-6-3-4-8(7(2)5-6)13(11,12)10-9/h3-5,10H,9H2,1-2H3. The van der Waals surface area contributed by atoms with Gasteiger partial charge in [0.2, 0.25) is 0 Å². The second kappa shape index (κ2) is 3.45. The van der Waals surface area contributed by atoms with Gasteiger partial charge in [-0.1, -0.05) is 17.7 Å². The molecule has 0 fully saturated rings. The lowest BCUT2D eigenvalue weighted by Gasteiger charge is -2.06. The topological polar surface area (TPSA) is 72.2 Å². The largest absolute Gasteiger partial charge is 0.257 e. The molecule has 1 rings (SSSR count). The van der Waals surface area contributed by atoms with Gasteiger partial charge < -0.3 is 0 Å². The Hall–Kier alpha value is -0.910. The third-order valence-corrected chi connectivity index (χ3v) is 3.12. The van der Waals surface area contributed by atoms with Crippen LogP contribution in [0.3, 0.4) is 0 Å². The average Bonchev–Trinajstić information content (AvgIpc) is 2.03. The van der Waals surface area contributed by atoms with Crippen LogP contribution in [-0.4, -0.2) is 8.42 Å². The first-order valence-corrected chi connectivity index (χ1v) is 5.25. The molecule has 72 valence electrons. The first kappa shape index (κ1) is 10.2. The summed E-state index contributed by atoms with van der Waals surface area (Å²) in [5.74, 6) is 4.91. The highest BCUT2D eigenvalue weighted by atomic mass is 32.2. The lowest BCUT2D eigenvalue weighted by atomic mass is 10.2. The van der Waals surface area contributed by atoms with Crippen molar-refractivity contribution in [2.75, 3.05) is 0 Å². The molecule has 3 N–H and O–H groups in total. The summed E-state index contributed by atoms with van der Waals surface area (Å²) in [6, 6.07) is 5.07. The van der Waals surface area contributed by atoms with Gasteiger partial charge in [-0.2, -0.15) is 4.83 Å². The van der Waals surface area contributed by atoms with Crippen LogP contribution >= 0.6 is 0 Å². The molecule has 0 saturated carbocycles. The fourth-order valence-electron chi connectivity index (χ4n) is 1.16. The van der Waals surface area contributed by atoms with Crippen LogP contribution in [0.4, 0.5) is 0 Å². The van der Waals surface area contributed by atoms with Crippen molar-refractivity contribution in [3.05, 3.63) is 29.3 Å². The molecule has 0 aliphatic carbocycles. The molecule has 0 bridgehead atoms. The lowest BCUT2D eigenvalue weighted by molar-refractivity contribution is 0.583. The third kappa shape index (κ3) is 2.06. The Morgan fingerprint density at radius 2 is 1.92 bits per heavy atom. The van der Waals surface area contributed by atoms with Crippen LogP contribution in [0, 0.1) is 13.8 Å². The van der Waals surface area contributed by atoms with Crippen molar-refractivity contribution in [3.8, 4) is 0 Å². The second-order valence-corrected chi connectivity index (χ2v) is 4.57. The molecule has 13 heavy (non-hydrogen) atoms. The van der Waals surface area contributed by atoms with E-state index in [1.807, 2.05) is 6.92 Å². The van der Waals surface area contributed by atoms with Crippen LogP contribution in [0.1, 0.15) is 11.1 Å². The maximum Gasteiger partial charge on any atom is 0.253 e. The summed E-state index contributed by atoms with van der Waals surface area (Å²) in [7, 11) is -3.52. The molecule has 0 aliphatic rings. The number of hydrogen-bond acceptors (Lipinski definition) is 3. The minimum Gasteiger partial charge on any atom is -0.257 e. The highest BCUT2D eigenvalue weighted by molar-refractivity contribution is 7.89. The van der Waals surface area contributed by atoms with E-state index in [1.54, 1.807) is 30.0 Å². The van der Waals surface area contributed by atoms with Gasteiger partial charge in [-0.25, -0.2) is 8.42 Å². The van der Waals surface area contributed by atoms with Crippen molar-refractivity contribution in [2.24, 2.45) is 5.84 Å². The van der Waals surface area contributed by atoms with Gasteiger partial charge in [0.25, 0.3) is 10.0 Å². The first-order chi connectivity index (χ1) is 5.97. The maximum absolute atomic E-state index is 11.3. The van der Waals surface area contributed by atoms with E-state index < -0.39 is 10.0 Å². The van der Waals surface area contributed by atoms with Crippen LogP contribution in [0.25, 0.3) is 0 Å². The molecule has 1 aromatic carbocycles. The van der Waals surface area contributed by atoms with Crippen molar-refractivity contribution >= 4 is 10.0 Å². The van der Waals surface area contributed by atoms with Crippen LogP contribution < -0.4 is 10.7 Å². The molecule has 1 aromatic rings. The molecule has 0 aliphatic heterocycles. The molecule has 4 nitrogen and oxygen atoms in total. The lowest BCUT2D eigenvalue weighted by Crippen LogP contribution is -2.30. The molecule has 0 radical (unpaired) electrons. The van der Waals surface area contributed by atoms with E-state index in [2.05, 4.69) is 0 Å². The van der Waals surface area contributed by atoms with Gasteiger partial charge >= 0.3 is 0 Å².